The fraction of sp³-hybridized carbons (Fsp3) is 0.375. The molecule has 0 atom stereocenters. The molecule has 5 nitrogen and oxygen atoms in total. The Morgan fingerprint density at radius 2 is 1.90 bits per heavy atom. The molecule has 1 aromatic carbocycles. The molecular formula is C16H21N3O2. The molecule has 0 unspecified atom stereocenters. The molecule has 0 spiro atoms. The Morgan fingerprint density at radius 3 is 2.52 bits per heavy atom. The molecule has 21 heavy (non-hydrogen) atoms. The fourth-order valence-electron chi connectivity index (χ4n) is 2.27. The first kappa shape index (κ1) is 15.3. The van der Waals surface area contributed by atoms with Crippen LogP contribution in [0.25, 0.3) is 0 Å². The van der Waals surface area contributed by atoms with E-state index in [2.05, 4.69) is 23.1 Å². The Hall–Kier alpha value is -2.14. The van der Waals surface area contributed by atoms with Crippen molar-refractivity contribution >= 4 is 5.97 Å². The summed E-state index contributed by atoms with van der Waals surface area (Å²) in [5, 5.41) is 13.2. The Kier molecular flexibility index (Phi) is 5.11. The summed E-state index contributed by atoms with van der Waals surface area (Å²) in [5.41, 5.74) is 2.61. The lowest BCUT2D eigenvalue weighted by Gasteiger charge is -2.15. The number of hydrogen-bond donors (Lipinski definition) is 1. The third-order valence-electron chi connectivity index (χ3n) is 3.25. The van der Waals surface area contributed by atoms with Crippen molar-refractivity contribution < 1.29 is 9.90 Å². The molecule has 0 aliphatic carbocycles. The lowest BCUT2D eigenvalue weighted by molar-refractivity contribution is 0.0697. The molecule has 0 amide bonds. The molecule has 5 heteroatoms. The second-order valence-electron chi connectivity index (χ2n) is 5.29. The van der Waals surface area contributed by atoms with Crippen LogP contribution < -0.4 is 0 Å². The third-order valence-corrected chi connectivity index (χ3v) is 3.25. The van der Waals surface area contributed by atoms with Crippen LogP contribution in [0.4, 0.5) is 0 Å². The largest absolute Gasteiger partial charge is 0.478 e. The van der Waals surface area contributed by atoms with Gasteiger partial charge in [-0.15, -0.1) is 0 Å². The van der Waals surface area contributed by atoms with Gasteiger partial charge in [0, 0.05) is 31.4 Å². The van der Waals surface area contributed by atoms with Gasteiger partial charge >= 0.3 is 5.97 Å². The maximum atomic E-state index is 10.8. The van der Waals surface area contributed by atoms with E-state index in [1.807, 2.05) is 30.1 Å². The lowest BCUT2D eigenvalue weighted by atomic mass is 10.1. The molecule has 0 radical (unpaired) electrons. The minimum atomic E-state index is -0.891. The highest BCUT2D eigenvalue weighted by Crippen LogP contribution is 2.09. The predicted molar refractivity (Wildman–Crippen MR) is 81.1 cm³/mol. The molecule has 0 bridgehead atoms. The predicted octanol–water partition coefficient (Wildman–Crippen LogP) is 2.62. The topological polar surface area (TPSA) is 58.4 Å². The van der Waals surface area contributed by atoms with Gasteiger partial charge in [0.05, 0.1) is 11.8 Å². The van der Waals surface area contributed by atoms with Crippen LogP contribution in [0.1, 0.15) is 34.8 Å². The molecule has 1 N–H and O–H groups in total. The number of carbonyl (C=O) groups is 1. The Balaban J connectivity index is 1.91. The first-order valence-corrected chi connectivity index (χ1v) is 7.10. The van der Waals surface area contributed by atoms with Gasteiger partial charge in [-0.3, -0.25) is 9.58 Å². The van der Waals surface area contributed by atoms with Crippen molar-refractivity contribution in [3.05, 3.63) is 53.3 Å². The van der Waals surface area contributed by atoms with Crippen LogP contribution in [0.15, 0.2) is 36.7 Å². The average molecular weight is 287 g/mol. The van der Waals surface area contributed by atoms with Gasteiger partial charge < -0.3 is 5.11 Å². The quantitative estimate of drug-likeness (QED) is 0.850. The van der Waals surface area contributed by atoms with Crippen molar-refractivity contribution in [3.63, 3.8) is 0 Å². The van der Waals surface area contributed by atoms with Crippen molar-refractivity contribution in [2.24, 2.45) is 0 Å². The zero-order valence-electron chi connectivity index (χ0n) is 12.5. The van der Waals surface area contributed by atoms with Gasteiger partial charge in [-0.2, -0.15) is 5.10 Å². The molecule has 1 aromatic heterocycles. The highest BCUT2D eigenvalue weighted by Gasteiger charge is 2.06. The third kappa shape index (κ3) is 4.43. The summed E-state index contributed by atoms with van der Waals surface area (Å²) < 4.78 is 1.96. The van der Waals surface area contributed by atoms with Gasteiger partial charge in [-0.05, 0) is 31.2 Å². The highest BCUT2D eigenvalue weighted by molar-refractivity contribution is 5.87. The normalized spacial score (nSPS) is 11.0. The summed E-state index contributed by atoms with van der Waals surface area (Å²) in [7, 11) is 2.04. The molecule has 112 valence electrons. The molecule has 0 fully saturated rings. The second kappa shape index (κ2) is 7.04. The number of aryl methyl sites for hydroxylation is 1. The zero-order chi connectivity index (χ0) is 15.2. The van der Waals surface area contributed by atoms with E-state index in [0.717, 1.165) is 31.6 Å². The Bertz CT molecular complexity index is 590. The van der Waals surface area contributed by atoms with Crippen LogP contribution in [-0.2, 0) is 19.6 Å². The molecule has 0 aliphatic heterocycles. The van der Waals surface area contributed by atoms with Crippen molar-refractivity contribution in [3.8, 4) is 0 Å². The first-order valence-electron chi connectivity index (χ1n) is 7.10. The lowest BCUT2D eigenvalue weighted by Crippen LogP contribution is -2.17. The number of rotatable bonds is 7. The Labute approximate surface area is 124 Å². The second-order valence-corrected chi connectivity index (χ2v) is 5.29. The van der Waals surface area contributed by atoms with E-state index in [9.17, 15) is 4.79 Å². The van der Waals surface area contributed by atoms with E-state index < -0.39 is 5.97 Å². The Morgan fingerprint density at radius 1 is 1.24 bits per heavy atom. The number of carboxylic acid groups (broad SMARTS) is 1. The summed E-state index contributed by atoms with van der Waals surface area (Å²) in [6, 6.07) is 7.01. The van der Waals surface area contributed by atoms with E-state index in [1.165, 1.54) is 5.56 Å². The maximum Gasteiger partial charge on any atom is 0.335 e. The molecule has 0 saturated carbocycles. The van der Waals surface area contributed by atoms with Gasteiger partial charge in [-0.1, -0.05) is 19.1 Å². The van der Waals surface area contributed by atoms with Crippen molar-refractivity contribution in [2.45, 2.75) is 33.0 Å². The molecule has 2 rings (SSSR count). The van der Waals surface area contributed by atoms with Gasteiger partial charge in [0.15, 0.2) is 0 Å². The summed E-state index contributed by atoms with van der Waals surface area (Å²) in [6.45, 7) is 4.68. The number of aromatic carboxylic acids is 1. The molecular weight excluding hydrogens is 266 g/mol. The summed E-state index contributed by atoms with van der Waals surface area (Å²) in [6.07, 6.45) is 5.06. The van der Waals surface area contributed by atoms with Crippen molar-refractivity contribution in [1.82, 2.24) is 14.7 Å². The van der Waals surface area contributed by atoms with Crippen molar-refractivity contribution in [2.75, 3.05) is 7.05 Å². The van der Waals surface area contributed by atoms with Gasteiger partial charge in [-0.25, -0.2) is 4.79 Å². The zero-order valence-corrected chi connectivity index (χ0v) is 12.5. The van der Waals surface area contributed by atoms with Crippen LogP contribution >= 0.6 is 0 Å². The summed E-state index contributed by atoms with van der Waals surface area (Å²) in [4.78, 5) is 13.0. The van der Waals surface area contributed by atoms with E-state index in [1.54, 1.807) is 12.1 Å². The number of nitrogens with zero attached hydrogens (tertiary/aromatic N) is 3. The minimum absolute atomic E-state index is 0.322. The van der Waals surface area contributed by atoms with Gasteiger partial charge in [0.2, 0.25) is 0 Å². The molecule has 1 heterocycles. The van der Waals surface area contributed by atoms with Crippen LogP contribution in [0.2, 0.25) is 0 Å². The van der Waals surface area contributed by atoms with E-state index >= 15 is 0 Å². The standard InChI is InChI=1S/C16H21N3O2/c1-3-8-19-12-14(9-17-19)11-18(2)10-13-4-6-15(7-5-13)16(20)21/h4-7,9,12H,3,8,10-11H2,1-2H3,(H,20,21). The van der Waals surface area contributed by atoms with E-state index in [0.29, 0.717) is 5.56 Å². The van der Waals surface area contributed by atoms with Crippen LogP contribution in [0.5, 0.6) is 0 Å². The SMILES string of the molecule is CCCn1cc(CN(C)Cc2ccc(C(=O)O)cc2)cn1. The first-order chi connectivity index (χ1) is 10.1. The number of benzene rings is 1. The van der Waals surface area contributed by atoms with Gasteiger partial charge in [0.1, 0.15) is 0 Å². The smallest absolute Gasteiger partial charge is 0.335 e. The summed E-state index contributed by atoms with van der Waals surface area (Å²) in [5.74, 6) is -0.891. The van der Waals surface area contributed by atoms with Crippen LogP contribution in [0.3, 0.4) is 0 Å². The van der Waals surface area contributed by atoms with Crippen LogP contribution in [0, 0.1) is 0 Å². The highest BCUT2D eigenvalue weighted by atomic mass is 16.4. The van der Waals surface area contributed by atoms with Crippen LogP contribution in [-0.4, -0.2) is 32.8 Å². The molecule has 2 aromatic rings. The minimum Gasteiger partial charge on any atom is -0.478 e. The molecule has 0 saturated heterocycles. The van der Waals surface area contributed by atoms with E-state index in [-0.39, 0.29) is 0 Å². The van der Waals surface area contributed by atoms with Crippen molar-refractivity contribution in [1.29, 1.82) is 0 Å². The maximum absolute atomic E-state index is 10.8. The number of aromatic nitrogens is 2. The number of carboxylic acids is 1. The average Bonchev–Trinajstić information content (AvgIpc) is 2.87. The summed E-state index contributed by atoms with van der Waals surface area (Å²) >= 11 is 0. The van der Waals surface area contributed by atoms with E-state index in [4.69, 9.17) is 5.11 Å². The fourth-order valence-corrected chi connectivity index (χ4v) is 2.27. The number of hydrogen-bond acceptors (Lipinski definition) is 3. The molecule has 0 aliphatic rings. The monoisotopic (exact) mass is 287 g/mol. The van der Waals surface area contributed by atoms with Gasteiger partial charge in [0.25, 0.3) is 0 Å².